The van der Waals surface area contributed by atoms with Crippen molar-refractivity contribution in [2.45, 2.75) is 18.6 Å². The van der Waals surface area contributed by atoms with Crippen LogP contribution < -0.4 is 14.4 Å². The molecule has 0 aliphatic carbocycles. The first kappa shape index (κ1) is 20.9. The lowest BCUT2D eigenvalue weighted by Gasteiger charge is -2.20. The second kappa shape index (κ2) is 8.17. The Balaban J connectivity index is 1.38. The van der Waals surface area contributed by atoms with Crippen molar-refractivity contribution >= 4 is 29.1 Å². The van der Waals surface area contributed by atoms with E-state index in [4.69, 9.17) is 25.6 Å². The zero-order chi connectivity index (χ0) is 23.1. The lowest BCUT2D eigenvalue weighted by atomic mass is 10.1. The number of imide groups is 1. The highest BCUT2D eigenvalue weighted by atomic mass is 35.5. The first-order valence-corrected chi connectivity index (χ1v) is 10.2. The number of benzene rings is 2. The molecule has 3 heterocycles. The van der Waals surface area contributed by atoms with E-state index in [9.17, 15) is 9.59 Å². The van der Waals surface area contributed by atoms with Crippen molar-refractivity contribution in [2.24, 2.45) is 10.3 Å². The van der Waals surface area contributed by atoms with Gasteiger partial charge in [0.2, 0.25) is 11.7 Å². The highest BCUT2D eigenvalue weighted by Gasteiger charge is 2.55. The van der Waals surface area contributed by atoms with Gasteiger partial charge in [-0.2, -0.15) is 10.1 Å². The summed E-state index contributed by atoms with van der Waals surface area (Å²) in [5.41, 5.74) is 1.01. The van der Waals surface area contributed by atoms with Crippen LogP contribution in [-0.4, -0.2) is 53.3 Å². The Bertz CT molecular complexity index is 1260. The second-order valence-electron chi connectivity index (χ2n) is 7.30. The molecule has 168 valence electrons. The molecule has 2 aromatic carbocycles. The molecule has 1 aromatic heterocycles. The van der Waals surface area contributed by atoms with Crippen molar-refractivity contribution in [1.29, 1.82) is 0 Å². The van der Waals surface area contributed by atoms with E-state index in [1.807, 2.05) is 0 Å². The summed E-state index contributed by atoms with van der Waals surface area (Å²) in [5.74, 6) is 0.488. The molecule has 12 heteroatoms. The van der Waals surface area contributed by atoms with Crippen LogP contribution in [0.25, 0.3) is 11.4 Å². The number of hydrogen-bond acceptors (Lipinski definition) is 10. The van der Waals surface area contributed by atoms with Crippen molar-refractivity contribution in [3.8, 4) is 22.9 Å². The Hall–Kier alpha value is -3.99. The molecular weight excluding hydrogens is 452 g/mol. The van der Waals surface area contributed by atoms with Gasteiger partial charge in [-0.15, -0.1) is 0 Å². The number of nitrogens with zero attached hydrogens (tertiary/aromatic N) is 6. The van der Waals surface area contributed by atoms with Crippen molar-refractivity contribution in [3.05, 3.63) is 53.4 Å². The fourth-order valence-corrected chi connectivity index (χ4v) is 3.92. The van der Waals surface area contributed by atoms with E-state index in [1.165, 1.54) is 19.2 Å². The largest absolute Gasteiger partial charge is 0.497 e. The summed E-state index contributed by atoms with van der Waals surface area (Å²) in [6, 6.07) is 9.94. The maximum Gasteiger partial charge on any atom is 0.263 e. The van der Waals surface area contributed by atoms with Crippen LogP contribution >= 0.6 is 11.6 Å². The van der Waals surface area contributed by atoms with Crippen LogP contribution in [0.3, 0.4) is 0 Å². The normalized spacial score (nSPS) is 19.4. The number of amides is 2. The molecule has 1 saturated heterocycles. The van der Waals surface area contributed by atoms with Gasteiger partial charge in [-0.05, 0) is 12.1 Å². The topological polar surface area (TPSA) is 123 Å². The van der Waals surface area contributed by atoms with Gasteiger partial charge in [0.25, 0.3) is 11.8 Å². The van der Waals surface area contributed by atoms with Gasteiger partial charge < -0.3 is 14.0 Å². The fourth-order valence-electron chi connectivity index (χ4n) is 3.73. The zero-order valence-corrected chi connectivity index (χ0v) is 18.3. The fraction of sp³-hybridized carbons (Fsp3) is 0.238. The van der Waals surface area contributed by atoms with Crippen LogP contribution in [0.4, 0.5) is 5.69 Å². The van der Waals surface area contributed by atoms with Crippen LogP contribution in [0.15, 0.2) is 57.3 Å². The molecular formula is C21H17ClN6O5. The van der Waals surface area contributed by atoms with E-state index >= 15 is 0 Å². The highest BCUT2D eigenvalue weighted by Crippen LogP contribution is 2.36. The summed E-state index contributed by atoms with van der Waals surface area (Å²) < 4.78 is 15.8. The molecule has 2 unspecified atom stereocenters. The number of carbonyl (C=O) groups is 2. The number of rotatable bonds is 6. The lowest BCUT2D eigenvalue weighted by molar-refractivity contribution is -0.123. The van der Waals surface area contributed by atoms with E-state index in [1.54, 1.807) is 42.5 Å². The first-order valence-electron chi connectivity index (χ1n) is 9.85. The zero-order valence-electron chi connectivity index (χ0n) is 17.5. The molecule has 0 spiro atoms. The van der Waals surface area contributed by atoms with Crippen molar-refractivity contribution in [1.82, 2.24) is 15.1 Å². The number of hydrogen-bond donors (Lipinski definition) is 0. The van der Waals surface area contributed by atoms with E-state index < -0.39 is 23.9 Å². The lowest BCUT2D eigenvalue weighted by Crippen LogP contribution is -2.39. The standard InChI is InChI=1S/C21H17ClN6O5/c1-31-14-7-13(8-15(9-14)32-2)28-20(29)17-18(21(28)30)27(26-24-17)10-16-23-19(25-33-16)11-4-3-5-12(22)6-11/h3-9,17-18H,10H2,1-2H3. The molecule has 3 aromatic rings. The summed E-state index contributed by atoms with van der Waals surface area (Å²) in [5, 5.41) is 13.9. The second-order valence-corrected chi connectivity index (χ2v) is 7.73. The minimum absolute atomic E-state index is 0.00647. The van der Waals surface area contributed by atoms with Gasteiger partial charge in [0.05, 0.1) is 19.9 Å². The third kappa shape index (κ3) is 3.65. The minimum atomic E-state index is -0.968. The molecule has 1 fully saturated rings. The number of aromatic nitrogens is 2. The smallest absolute Gasteiger partial charge is 0.263 e. The Labute approximate surface area is 192 Å². The number of halogens is 1. The monoisotopic (exact) mass is 468 g/mol. The molecule has 0 radical (unpaired) electrons. The van der Waals surface area contributed by atoms with Gasteiger partial charge in [-0.25, -0.2) is 4.90 Å². The highest BCUT2D eigenvalue weighted by molar-refractivity contribution is 6.30. The average molecular weight is 469 g/mol. The molecule has 2 amide bonds. The van der Waals surface area contributed by atoms with Crippen molar-refractivity contribution in [3.63, 3.8) is 0 Å². The van der Waals surface area contributed by atoms with Gasteiger partial charge in [0.1, 0.15) is 18.0 Å². The molecule has 0 saturated carbocycles. The van der Waals surface area contributed by atoms with Crippen LogP contribution in [0.2, 0.25) is 5.02 Å². The number of fused-ring (bicyclic) bond motifs is 1. The quantitative estimate of drug-likeness (QED) is 0.506. The van der Waals surface area contributed by atoms with E-state index in [0.29, 0.717) is 33.6 Å². The van der Waals surface area contributed by atoms with Crippen molar-refractivity contribution in [2.75, 3.05) is 19.1 Å². The Morgan fingerprint density at radius 3 is 2.52 bits per heavy atom. The van der Waals surface area contributed by atoms with E-state index in [2.05, 4.69) is 20.5 Å². The number of methoxy groups -OCH3 is 2. The summed E-state index contributed by atoms with van der Waals surface area (Å²) in [6.07, 6.45) is 0. The molecule has 0 N–H and O–H groups in total. The van der Waals surface area contributed by atoms with Gasteiger partial charge >= 0.3 is 0 Å². The van der Waals surface area contributed by atoms with Gasteiger partial charge in [-0.1, -0.05) is 34.1 Å². The maximum absolute atomic E-state index is 13.2. The molecule has 5 rings (SSSR count). The molecule has 2 aliphatic heterocycles. The van der Waals surface area contributed by atoms with Gasteiger partial charge in [-0.3, -0.25) is 14.6 Å². The number of ether oxygens (including phenoxy) is 2. The predicted octanol–water partition coefficient (Wildman–Crippen LogP) is 2.90. The van der Waals surface area contributed by atoms with Crippen LogP contribution in [0.1, 0.15) is 5.89 Å². The molecule has 11 nitrogen and oxygen atoms in total. The maximum atomic E-state index is 13.2. The number of anilines is 1. The Kier molecular flexibility index (Phi) is 5.17. The SMILES string of the molecule is COc1cc(OC)cc(N2C(=O)C3N=NN(Cc4nc(-c5cccc(Cl)c5)no4)C3C2=O)c1. The summed E-state index contributed by atoms with van der Waals surface area (Å²) >= 11 is 6.02. The molecule has 2 atom stereocenters. The van der Waals surface area contributed by atoms with Crippen molar-refractivity contribution < 1.29 is 23.6 Å². The minimum Gasteiger partial charge on any atom is -0.497 e. The van der Waals surface area contributed by atoms with Crippen LogP contribution in [0.5, 0.6) is 11.5 Å². The van der Waals surface area contributed by atoms with E-state index in [0.717, 1.165) is 4.90 Å². The Morgan fingerprint density at radius 1 is 1.06 bits per heavy atom. The summed E-state index contributed by atoms with van der Waals surface area (Å²) in [6.45, 7) is 0.00647. The molecule has 33 heavy (non-hydrogen) atoms. The number of carbonyl (C=O) groups excluding carboxylic acids is 2. The molecule has 2 aliphatic rings. The predicted molar refractivity (Wildman–Crippen MR) is 115 cm³/mol. The Morgan fingerprint density at radius 2 is 1.82 bits per heavy atom. The summed E-state index contributed by atoms with van der Waals surface area (Å²) in [4.78, 5) is 31.6. The molecule has 0 bridgehead atoms. The third-order valence-electron chi connectivity index (χ3n) is 5.30. The van der Waals surface area contributed by atoms with Crippen LogP contribution in [0, 0.1) is 0 Å². The average Bonchev–Trinajstić information content (AvgIpc) is 3.51. The van der Waals surface area contributed by atoms with Gasteiger partial charge in [0, 0.05) is 28.8 Å². The first-order chi connectivity index (χ1) is 16.0. The third-order valence-corrected chi connectivity index (χ3v) is 5.54. The summed E-state index contributed by atoms with van der Waals surface area (Å²) in [7, 11) is 2.97. The van der Waals surface area contributed by atoms with E-state index in [-0.39, 0.29) is 12.4 Å². The van der Waals surface area contributed by atoms with Crippen LogP contribution in [-0.2, 0) is 16.1 Å². The van der Waals surface area contributed by atoms with Gasteiger partial charge in [0.15, 0.2) is 12.1 Å².